The number of amides is 3. The molecule has 1 N–H and O–H groups in total. The number of nitrogens with one attached hydrogen (secondary N) is 1. The summed E-state index contributed by atoms with van der Waals surface area (Å²) in [5, 5.41) is 13.6. The van der Waals surface area contributed by atoms with Crippen LogP contribution in [-0.2, 0) is 4.79 Å². The topological polar surface area (TPSA) is 106 Å². The van der Waals surface area contributed by atoms with Crippen molar-refractivity contribution in [3.8, 4) is 11.3 Å². The summed E-state index contributed by atoms with van der Waals surface area (Å²) in [6.07, 6.45) is 2.81. The van der Waals surface area contributed by atoms with Crippen molar-refractivity contribution in [3.63, 3.8) is 0 Å². The molecule has 2 aromatic rings. The van der Waals surface area contributed by atoms with Gasteiger partial charge in [-0.2, -0.15) is 0 Å². The van der Waals surface area contributed by atoms with Gasteiger partial charge in [-0.3, -0.25) is 19.8 Å². The van der Waals surface area contributed by atoms with Crippen molar-refractivity contribution in [2.75, 3.05) is 6.54 Å². The maximum absolute atomic E-state index is 12.1. The quantitative estimate of drug-likeness (QED) is 0.283. The third-order valence-electron chi connectivity index (χ3n) is 3.61. The first-order chi connectivity index (χ1) is 12.4. The normalized spacial score (nSPS) is 15.4. The lowest BCUT2D eigenvalue weighted by Crippen LogP contribution is -2.30. The predicted molar refractivity (Wildman–Crippen MR) is 94.2 cm³/mol. The minimum Gasteiger partial charge on any atom is -0.457 e. The van der Waals surface area contributed by atoms with Crippen LogP contribution in [0.5, 0.6) is 0 Å². The Morgan fingerprint density at radius 1 is 1.31 bits per heavy atom. The second kappa shape index (κ2) is 6.85. The maximum atomic E-state index is 12.1. The van der Waals surface area contributed by atoms with Crippen LogP contribution in [0.15, 0.2) is 53.1 Å². The molecule has 0 atom stereocenters. The molecule has 1 aromatic heterocycles. The number of carbonyl (C=O) groups is 2. The van der Waals surface area contributed by atoms with Gasteiger partial charge in [0.1, 0.15) is 17.2 Å². The lowest BCUT2D eigenvalue weighted by molar-refractivity contribution is -0.384. The highest BCUT2D eigenvalue weighted by atomic mass is 35.5. The number of nitrogens with zero attached hydrogens (tertiary/aromatic N) is 2. The van der Waals surface area contributed by atoms with E-state index in [1.165, 1.54) is 30.4 Å². The fraction of sp³-hybridized carbons (Fsp3) is 0.0588. The predicted octanol–water partition coefficient (Wildman–Crippen LogP) is 3.59. The van der Waals surface area contributed by atoms with E-state index >= 15 is 0 Å². The molecule has 1 saturated heterocycles. The summed E-state index contributed by atoms with van der Waals surface area (Å²) >= 11 is 6.09. The zero-order valence-corrected chi connectivity index (χ0v) is 14.0. The minimum atomic E-state index is -0.547. The van der Waals surface area contributed by atoms with E-state index in [-0.39, 0.29) is 28.7 Å². The third-order valence-corrected chi connectivity index (χ3v) is 3.94. The number of rotatable bonds is 5. The fourth-order valence-electron chi connectivity index (χ4n) is 2.40. The first kappa shape index (κ1) is 17.4. The second-order valence-corrected chi connectivity index (χ2v) is 5.72. The molecule has 3 amide bonds. The number of carbonyl (C=O) groups excluding carboxylic acids is 2. The highest BCUT2D eigenvalue weighted by Crippen LogP contribution is 2.33. The van der Waals surface area contributed by atoms with Crippen LogP contribution in [0.4, 0.5) is 10.5 Å². The summed E-state index contributed by atoms with van der Waals surface area (Å²) in [7, 11) is 0. The molecule has 3 rings (SSSR count). The lowest BCUT2D eigenvalue weighted by Gasteiger charge is -2.06. The van der Waals surface area contributed by atoms with Crippen LogP contribution in [0.3, 0.4) is 0 Å². The van der Waals surface area contributed by atoms with E-state index < -0.39 is 16.9 Å². The van der Waals surface area contributed by atoms with Gasteiger partial charge in [-0.25, -0.2) is 4.79 Å². The molecule has 0 radical (unpaired) electrons. The molecule has 1 aliphatic heterocycles. The molecule has 1 fully saturated rings. The summed E-state index contributed by atoms with van der Waals surface area (Å²) in [6, 6.07) is 6.58. The molecular formula is C17H12ClN3O5. The Kier molecular flexibility index (Phi) is 4.59. The second-order valence-electron chi connectivity index (χ2n) is 5.32. The summed E-state index contributed by atoms with van der Waals surface area (Å²) in [5.74, 6) is 0.0816. The number of nitro benzene ring substituents is 1. The number of urea groups is 1. The Balaban J connectivity index is 1.91. The number of benzene rings is 1. The summed E-state index contributed by atoms with van der Waals surface area (Å²) in [5.41, 5.74) is 0.280. The minimum absolute atomic E-state index is 0.0582. The molecular weight excluding hydrogens is 362 g/mol. The Hall–Kier alpha value is -3.39. The number of hydrogen-bond acceptors (Lipinski definition) is 5. The number of halogens is 1. The highest BCUT2D eigenvalue weighted by molar-refractivity contribution is 6.33. The summed E-state index contributed by atoms with van der Waals surface area (Å²) < 4.78 is 5.60. The van der Waals surface area contributed by atoms with Crippen molar-refractivity contribution in [1.82, 2.24) is 10.2 Å². The largest absolute Gasteiger partial charge is 0.457 e. The smallest absolute Gasteiger partial charge is 0.329 e. The van der Waals surface area contributed by atoms with Crippen LogP contribution in [0, 0.1) is 10.1 Å². The summed E-state index contributed by atoms with van der Waals surface area (Å²) in [4.78, 5) is 35.3. The standard InChI is InChI=1S/C17H12ClN3O5/c1-2-7-20-16(22)14(19-17(20)23)9-11-4-6-15(26-11)12-8-10(21(24)25)3-5-13(12)18/h2-6,8-9H,1,7H2,(H,19,23)/b14-9+. The molecule has 132 valence electrons. The van der Waals surface area contributed by atoms with Gasteiger partial charge in [0.15, 0.2) is 0 Å². The number of furan rings is 1. The van der Waals surface area contributed by atoms with Crippen LogP contribution in [0.1, 0.15) is 5.76 Å². The van der Waals surface area contributed by atoms with Gasteiger partial charge in [0, 0.05) is 30.3 Å². The number of imide groups is 1. The zero-order chi connectivity index (χ0) is 18.8. The van der Waals surface area contributed by atoms with Crippen molar-refractivity contribution < 1.29 is 18.9 Å². The Morgan fingerprint density at radius 3 is 2.77 bits per heavy atom. The first-order valence-electron chi connectivity index (χ1n) is 7.40. The number of hydrogen-bond donors (Lipinski definition) is 1. The van der Waals surface area contributed by atoms with Crippen molar-refractivity contribution >= 4 is 35.3 Å². The highest BCUT2D eigenvalue weighted by Gasteiger charge is 2.32. The monoisotopic (exact) mass is 373 g/mol. The van der Waals surface area contributed by atoms with Crippen molar-refractivity contribution in [2.45, 2.75) is 0 Å². The SMILES string of the molecule is C=CCN1C(=O)N/C(=C/c2ccc(-c3cc([N+](=O)[O-])ccc3Cl)o2)C1=O. The molecule has 0 aliphatic carbocycles. The summed E-state index contributed by atoms with van der Waals surface area (Å²) in [6.45, 7) is 3.59. The first-order valence-corrected chi connectivity index (χ1v) is 7.78. The molecule has 9 heteroatoms. The van der Waals surface area contributed by atoms with Gasteiger partial charge >= 0.3 is 6.03 Å². The van der Waals surface area contributed by atoms with Crippen LogP contribution >= 0.6 is 11.6 Å². The molecule has 1 aromatic carbocycles. The van der Waals surface area contributed by atoms with E-state index in [2.05, 4.69) is 11.9 Å². The fourth-order valence-corrected chi connectivity index (χ4v) is 2.61. The zero-order valence-electron chi connectivity index (χ0n) is 13.3. The van der Waals surface area contributed by atoms with Gasteiger partial charge in [0.05, 0.1) is 9.95 Å². The maximum Gasteiger partial charge on any atom is 0.329 e. The number of non-ortho nitro benzene ring substituents is 1. The van der Waals surface area contributed by atoms with E-state index in [1.54, 1.807) is 12.1 Å². The van der Waals surface area contributed by atoms with Gasteiger partial charge < -0.3 is 9.73 Å². The Bertz CT molecular complexity index is 963. The molecule has 2 heterocycles. The third kappa shape index (κ3) is 3.22. The van der Waals surface area contributed by atoms with Crippen LogP contribution < -0.4 is 5.32 Å². The van der Waals surface area contributed by atoms with E-state index in [0.29, 0.717) is 11.3 Å². The molecule has 0 saturated carbocycles. The number of nitro groups is 1. The molecule has 1 aliphatic rings. The van der Waals surface area contributed by atoms with E-state index in [1.807, 2.05) is 0 Å². The molecule has 0 unspecified atom stereocenters. The van der Waals surface area contributed by atoms with Crippen molar-refractivity contribution in [1.29, 1.82) is 0 Å². The molecule has 0 bridgehead atoms. The Labute approximate surface area is 152 Å². The Morgan fingerprint density at radius 2 is 2.08 bits per heavy atom. The average Bonchev–Trinajstić information content (AvgIpc) is 3.16. The lowest BCUT2D eigenvalue weighted by atomic mass is 10.1. The van der Waals surface area contributed by atoms with Crippen LogP contribution in [0.2, 0.25) is 5.02 Å². The molecule has 0 spiro atoms. The van der Waals surface area contributed by atoms with E-state index in [0.717, 1.165) is 4.90 Å². The molecule has 8 nitrogen and oxygen atoms in total. The van der Waals surface area contributed by atoms with E-state index in [4.69, 9.17) is 16.0 Å². The van der Waals surface area contributed by atoms with E-state index in [9.17, 15) is 19.7 Å². The van der Waals surface area contributed by atoms with Gasteiger partial charge in [-0.05, 0) is 18.2 Å². The average molecular weight is 374 g/mol. The van der Waals surface area contributed by atoms with Gasteiger partial charge in [0.25, 0.3) is 11.6 Å². The van der Waals surface area contributed by atoms with Crippen LogP contribution in [-0.4, -0.2) is 28.3 Å². The van der Waals surface area contributed by atoms with Crippen molar-refractivity contribution in [3.05, 3.63) is 69.6 Å². The molecule has 26 heavy (non-hydrogen) atoms. The van der Waals surface area contributed by atoms with Crippen molar-refractivity contribution in [2.24, 2.45) is 0 Å². The van der Waals surface area contributed by atoms with Gasteiger partial charge in [-0.1, -0.05) is 17.7 Å². The van der Waals surface area contributed by atoms with Crippen LogP contribution in [0.25, 0.3) is 17.4 Å². The van der Waals surface area contributed by atoms with Gasteiger partial charge in [0.2, 0.25) is 0 Å². The van der Waals surface area contributed by atoms with Gasteiger partial charge in [-0.15, -0.1) is 6.58 Å².